The molecule has 0 bridgehead atoms. The van der Waals surface area contributed by atoms with Crippen LogP contribution in [-0.2, 0) is 14.2 Å². The first-order valence-corrected chi connectivity index (χ1v) is 15.5. The molecule has 0 aromatic carbocycles. The van der Waals surface area contributed by atoms with Crippen LogP contribution in [0, 0.1) is 0 Å². The molecule has 3 N–H and O–H groups in total. The van der Waals surface area contributed by atoms with Gasteiger partial charge in [-0.15, -0.1) is 0 Å². The molecule has 3 heterocycles. The molecule has 6 heteroatoms. The average molecular weight is 536 g/mol. The zero-order chi connectivity index (χ0) is 28.4. The van der Waals surface area contributed by atoms with Crippen LogP contribution in [0.4, 0.5) is 0 Å². The van der Waals surface area contributed by atoms with Gasteiger partial charge in [0.05, 0.1) is 30.5 Å². The average Bonchev–Trinajstić information content (AvgIpc) is 2.94. The van der Waals surface area contributed by atoms with E-state index in [-0.39, 0.29) is 69.9 Å². The highest BCUT2D eigenvalue weighted by Gasteiger charge is 2.48. The maximum Gasteiger partial charge on any atom is 0.110 e. The van der Waals surface area contributed by atoms with Crippen LogP contribution in [0.25, 0.3) is 0 Å². The third-order valence-corrected chi connectivity index (χ3v) is 9.01. The highest BCUT2D eigenvalue weighted by molar-refractivity contribution is 5.03. The van der Waals surface area contributed by atoms with E-state index in [1.54, 1.807) is 0 Å². The molecule has 2 atom stereocenters. The van der Waals surface area contributed by atoms with Crippen molar-refractivity contribution >= 4 is 0 Å². The maximum atomic E-state index is 7.12. The summed E-state index contributed by atoms with van der Waals surface area (Å²) in [7, 11) is 0. The molecule has 0 spiro atoms. The number of ether oxygens (including phenoxy) is 3. The van der Waals surface area contributed by atoms with Crippen molar-refractivity contribution in [3.05, 3.63) is 0 Å². The maximum absolute atomic E-state index is 7.12. The number of hydrogen-bond donors (Lipinski definition) is 3. The molecule has 3 aliphatic heterocycles. The van der Waals surface area contributed by atoms with Gasteiger partial charge in [-0.2, -0.15) is 0 Å². The van der Waals surface area contributed by atoms with Gasteiger partial charge in [-0.1, -0.05) is 0 Å². The van der Waals surface area contributed by atoms with Crippen LogP contribution < -0.4 is 16.0 Å². The quantitative estimate of drug-likeness (QED) is 0.396. The molecule has 0 aromatic rings. The molecule has 1 aliphatic carbocycles. The van der Waals surface area contributed by atoms with Gasteiger partial charge in [-0.25, -0.2) is 0 Å². The van der Waals surface area contributed by atoms with Gasteiger partial charge in [0.15, 0.2) is 0 Å². The van der Waals surface area contributed by atoms with Crippen molar-refractivity contribution in [2.75, 3.05) is 0 Å². The summed E-state index contributed by atoms with van der Waals surface area (Å²) in [6, 6.07) is 0. The molecule has 4 rings (SSSR count). The summed E-state index contributed by atoms with van der Waals surface area (Å²) in [5.74, 6) is 0. The minimum Gasteiger partial charge on any atom is -0.372 e. The van der Waals surface area contributed by atoms with Crippen LogP contribution in [-0.4, -0.2) is 69.9 Å². The largest absolute Gasteiger partial charge is 0.372 e. The summed E-state index contributed by atoms with van der Waals surface area (Å²) in [6.45, 7) is 27.7. The second kappa shape index (κ2) is 10.2. The Morgan fingerprint density at radius 1 is 0.395 bits per heavy atom. The second-order valence-electron chi connectivity index (χ2n) is 17.3. The molecular weight excluding hydrogens is 474 g/mol. The van der Waals surface area contributed by atoms with E-state index in [2.05, 4.69) is 99.0 Å². The Bertz CT molecular complexity index is 738. The van der Waals surface area contributed by atoms with E-state index in [0.717, 1.165) is 51.4 Å². The molecule has 2 unspecified atom stereocenters. The van der Waals surface area contributed by atoms with Crippen molar-refractivity contribution in [3.8, 4) is 0 Å². The Morgan fingerprint density at radius 3 is 0.895 bits per heavy atom. The van der Waals surface area contributed by atoms with Gasteiger partial charge in [0, 0.05) is 33.2 Å². The van der Waals surface area contributed by atoms with E-state index in [9.17, 15) is 0 Å². The lowest BCUT2D eigenvalue weighted by Crippen LogP contribution is -2.61. The van der Waals surface area contributed by atoms with Crippen LogP contribution in [0.5, 0.6) is 0 Å². The first kappa shape index (κ1) is 30.7. The van der Waals surface area contributed by atoms with E-state index < -0.39 is 0 Å². The molecule has 4 aliphatic rings. The highest BCUT2D eigenvalue weighted by atomic mass is 16.6. The Kier molecular flexibility index (Phi) is 8.27. The van der Waals surface area contributed by atoms with Crippen molar-refractivity contribution < 1.29 is 14.2 Å². The predicted molar refractivity (Wildman–Crippen MR) is 157 cm³/mol. The summed E-state index contributed by atoms with van der Waals surface area (Å²) >= 11 is 0. The first-order valence-electron chi connectivity index (χ1n) is 15.5. The third-order valence-electron chi connectivity index (χ3n) is 9.01. The second-order valence-corrected chi connectivity index (χ2v) is 17.3. The van der Waals surface area contributed by atoms with Crippen LogP contribution in [0.1, 0.15) is 134 Å². The Hall–Kier alpha value is -0.240. The van der Waals surface area contributed by atoms with Crippen molar-refractivity contribution in [1.82, 2.24) is 16.0 Å². The SMILES string of the molecule is CC1(C)CC(OC2CCC(OC3CC(C)(C)NC(C)(C)C3)C2OC2CC(C)(C)NC(C)(C)C2)CC(C)(C)N1. The fourth-order valence-electron chi connectivity index (χ4n) is 9.05. The summed E-state index contributed by atoms with van der Waals surface area (Å²) in [5.41, 5.74) is 0.340. The number of rotatable bonds is 6. The summed E-state index contributed by atoms with van der Waals surface area (Å²) in [6.07, 6.45) is 8.93. The van der Waals surface area contributed by atoms with Gasteiger partial charge in [0.1, 0.15) is 6.10 Å². The topological polar surface area (TPSA) is 63.8 Å². The van der Waals surface area contributed by atoms with Crippen LogP contribution in [0.2, 0.25) is 0 Å². The van der Waals surface area contributed by atoms with Gasteiger partial charge < -0.3 is 30.2 Å². The van der Waals surface area contributed by atoms with Crippen LogP contribution in [0.3, 0.4) is 0 Å². The van der Waals surface area contributed by atoms with Crippen LogP contribution in [0.15, 0.2) is 0 Å². The monoisotopic (exact) mass is 535 g/mol. The number of piperidine rings is 3. The smallest absolute Gasteiger partial charge is 0.110 e. The van der Waals surface area contributed by atoms with E-state index in [1.165, 1.54) is 0 Å². The van der Waals surface area contributed by atoms with Crippen molar-refractivity contribution in [3.63, 3.8) is 0 Å². The Labute approximate surface area is 234 Å². The lowest BCUT2D eigenvalue weighted by Gasteiger charge is -2.49. The predicted octanol–water partition coefficient (Wildman–Crippen LogP) is 5.86. The molecule has 222 valence electrons. The summed E-state index contributed by atoms with van der Waals surface area (Å²) in [4.78, 5) is 0. The lowest BCUT2D eigenvalue weighted by molar-refractivity contribution is -0.182. The van der Waals surface area contributed by atoms with Crippen molar-refractivity contribution in [2.24, 2.45) is 0 Å². The summed E-state index contributed by atoms with van der Waals surface area (Å²) < 4.78 is 21.1. The van der Waals surface area contributed by atoms with Gasteiger partial charge in [0.25, 0.3) is 0 Å². The zero-order valence-corrected chi connectivity index (χ0v) is 26.8. The first-order chi connectivity index (χ1) is 17.1. The van der Waals surface area contributed by atoms with Crippen molar-refractivity contribution in [1.29, 1.82) is 0 Å². The fraction of sp³-hybridized carbons (Fsp3) is 1.00. The molecule has 0 amide bonds. The van der Waals surface area contributed by atoms with Crippen molar-refractivity contribution in [2.45, 2.75) is 204 Å². The third kappa shape index (κ3) is 8.16. The van der Waals surface area contributed by atoms with Gasteiger partial charge in [-0.3, -0.25) is 0 Å². The van der Waals surface area contributed by atoms with E-state index in [1.807, 2.05) is 0 Å². The molecule has 4 fully saturated rings. The Morgan fingerprint density at radius 2 is 0.632 bits per heavy atom. The highest BCUT2D eigenvalue weighted by Crippen LogP contribution is 2.40. The Balaban J connectivity index is 1.52. The molecular formula is C32H61N3O3. The fourth-order valence-corrected chi connectivity index (χ4v) is 9.05. The minimum absolute atomic E-state index is 0.0214. The van der Waals surface area contributed by atoms with E-state index >= 15 is 0 Å². The standard InChI is InChI=1S/C32H61N3O3/c1-27(2)15-21(16-28(3,4)33-27)36-24-13-14-25(37-22-17-29(5,6)34-30(7,8)18-22)26(24)38-23-19-31(9,10)35-32(11,12)20-23/h21-26,33-35H,13-20H2,1-12H3. The zero-order valence-electron chi connectivity index (χ0n) is 26.8. The molecule has 1 saturated carbocycles. The normalized spacial score (nSPS) is 36.8. The molecule has 0 radical (unpaired) electrons. The summed E-state index contributed by atoms with van der Waals surface area (Å²) in [5, 5.41) is 11.4. The van der Waals surface area contributed by atoms with Gasteiger partial charge in [0.2, 0.25) is 0 Å². The lowest BCUT2D eigenvalue weighted by atomic mass is 9.80. The molecule has 38 heavy (non-hydrogen) atoms. The van der Waals surface area contributed by atoms with E-state index in [4.69, 9.17) is 14.2 Å². The molecule has 6 nitrogen and oxygen atoms in total. The van der Waals surface area contributed by atoms with Crippen LogP contribution >= 0.6 is 0 Å². The minimum atomic E-state index is -0.0214. The number of nitrogens with one attached hydrogen (secondary N) is 3. The molecule has 0 aromatic heterocycles. The number of hydrogen-bond acceptors (Lipinski definition) is 6. The van der Waals surface area contributed by atoms with E-state index in [0.29, 0.717) is 0 Å². The van der Waals surface area contributed by atoms with Gasteiger partial charge >= 0.3 is 0 Å². The van der Waals surface area contributed by atoms with Gasteiger partial charge in [-0.05, 0) is 134 Å². The molecule has 3 saturated heterocycles.